The molecule has 1 N–H and O–H groups in total. The van der Waals surface area contributed by atoms with Crippen molar-refractivity contribution in [3.05, 3.63) is 41.3 Å². The number of fused-ring (bicyclic) bond motifs is 1. The van der Waals surface area contributed by atoms with Gasteiger partial charge in [0.05, 0.1) is 12.8 Å². The summed E-state index contributed by atoms with van der Waals surface area (Å²) < 4.78 is 11.5. The molecular formula is C17H18N4O2S2. The van der Waals surface area contributed by atoms with Crippen LogP contribution in [0.25, 0.3) is 0 Å². The van der Waals surface area contributed by atoms with Crippen LogP contribution in [0.2, 0.25) is 0 Å². The number of hydrogen-bond donors (Lipinski definition) is 1. The molecule has 0 saturated heterocycles. The van der Waals surface area contributed by atoms with Crippen LogP contribution in [0.5, 0.6) is 5.75 Å². The van der Waals surface area contributed by atoms with Gasteiger partial charge in [0.2, 0.25) is 5.13 Å². The largest absolute Gasteiger partial charge is 0.497 e. The molecule has 0 aliphatic heterocycles. The standard InChI is InChI=1S/C17H18N4O2S2/c1-22-12-8-6-11(7-9-12)18-16-19-20-17(25-16)24-10-14-13-4-2-3-5-15(13)23-21-14/h6-9H,2-5,10H2,1H3,(H,18,19). The molecule has 1 aliphatic carbocycles. The van der Waals surface area contributed by atoms with Crippen molar-refractivity contribution in [2.45, 2.75) is 35.8 Å². The molecule has 25 heavy (non-hydrogen) atoms. The average Bonchev–Trinajstić information content (AvgIpc) is 3.27. The van der Waals surface area contributed by atoms with Crippen LogP contribution < -0.4 is 10.1 Å². The van der Waals surface area contributed by atoms with Gasteiger partial charge in [-0.15, -0.1) is 10.2 Å². The summed E-state index contributed by atoms with van der Waals surface area (Å²) >= 11 is 3.19. The van der Waals surface area contributed by atoms with Gasteiger partial charge in [0.1, 0.15) is 11.5 Å². The second-order valence-corrected chi connectivity index (χ2v) is 7.95. The van der Waals surface area contributed by atoms with Crippen molar-refractivity contribution in [1.29, 1.82) is 0 Å². The normalized spacial score (nSPS) is 13.5. The van der Waals surface area contributed by atoms with E-state index in [-0.39, 0.29) is 0 Å². The second kappa shape index (κ2) is 7.45. The number of methoxy groups -OCH3 is 1. The van der Waals surface area contributed by atoms with Crippen molar-refractivity contribution in [2.75, 3.05) is 12.4 Å². The highest BCUT2D eigenvalue weighted by molar-refractivity contribution is 8.00. The Hall–Kier alpha value is -2.06. The number of anilines is 2. The molecule has 0 amide bonds. The Balaban J connectivity index is 1.37. The molecular weight excluding hydrogens is 356 g/mol. The van der Waals surface area contributed by atoms with Crippen LogP contribution in [0.3, 0.4) is 0 Å². The molecule has 2 aromatic heterocycles. The molecule has 0 saturated carbocycles. The van der Waals surface area contributed by atoms with Crippen LogP contribution in [0.1, 0.15) is 29.9 Å². The summed E-state index contributed by atoms with van der Waals surface area (Å²) in [6.45, 7) is 0. The zero-order valence-electron chi connectivity index (χ0n) is 13.8. The zero-order chi connectivity index (χ0) is 17.1. The first-order valence-corrected chi connectivity index (χ1v) is 9.96. The molecule has 6 nitrogen and oxygen atoms in total. The van der Waals surface area contributed by atoms with Gasteiger partial charge in [-0.3, -0.25) is 0 Å². The summed E-state index contributed by atoms with van der Waals surface area (Å²) in [5.74, 6) is 2.67. The van der Waals surface area contributed by atoms with Crippen LogP contribution in [0.4, 0.5) is 10.8 Å². The first kappa shape index (κ1) is 16.4. The van der Waals surface area contributed by atoms with E-state index < -0.39 is 0 Å². The highest BCUT2D eigenvalue weighted by Crippen LogP contribution is 2.32. The third-order valence-corrected chi connectivity index (χ3v) is 6.09. The Morgan fingerprint density at radius 3 is 2.88 bits per heavy atom. The van der Waals surface area contributed by atoms with Crippen molar-refractivity contribution < 1.29 is 9.26 Å². The van der Waals surface area contributed by atoms with Gasteiger partial charge in [-0.1, -0.05) is 28.3 Å². The lowest BCUT2D eigenvalue weighted by molar-refractivity contribution is 0.369. The lowest BCUT2D eigenvalue weighted by Crippen LogP contribution is -2.01. The Labute approximate surface area is 154 Å². The van der Waals surface area contributed by atoms with Crippen molar-refractivity contribution in [2.24, 2.45) is 0 Å². The minimum Gasteiger partial charge on any atom is -0.497 e. The Kier molecular flexibility index (Phi) is 4.89. The van der Waals surface area contributed by atoms with E-state index in [4.69, 9.17) is 9.26 Å². The fourth-order valence-electron chi connectivity index (χ4n) is 2.81. The van der Waals surface area contributed by atoms with E-state index in [1.54, 1.807) is 18.9 Å². The van der Waals surface area contributed by atoms with E-state index in [1.807, 2.05) is 24.3 Å². The van der Waals surface area contributed by atoms with Gasteiger partial charge in [0, 0.05) is 23.4 Å². The molecule has 0 radical (unpaired) electrons. The zero-order valence-corrected chi connectivity index (χ0v) is 15.5. The van der Waals surface area contributed by atoms with Crippen molar-refractivity contribution in [3.63, 3.8) is 0 Å². The summed E-state index contributed by atoms with van der Waals surface area (Å²) in [7, 11) is 1.66. The lowest BCUT2D eigenvalue weighted by Gasteiger charge is -2.08. The van der Waals surface area contributed by atoms with Crippen LogP contribution in [0, 0.1) is 0 Å². The summed E-state index contributed by atoms with van der Waals surface area (Å²) in [5, 5.41) is 16.7. The number of rotatable bonds is 6. The number of aromatic nitrogens is 3. The first-order valence-electron chi connectivity index (χ1n) is 8.15. The smallest absolute Gasteiger partial charge is 0.210 e. The minimum atomic E-state index is 0.773. The molecule has 4 rings (SSSR count). The topological polar surface area (TPSA) is 73.1 Å². The van der Waals surface area contributed by atoms with E-state index in [0.29, 0.717) is 0 Å². The summed E-state index contributed by atoms with van der Waals surface area (Å²) in [6, 6.07) is 7.73. The number of hydrogen-bond acceptors (Lipinski definition) is 8. The number of thioether (sulfide) groups is 1. The molecule has 0 fully saturated rings. The van der Waals surface area contributed by atoms with Gasteiger partial charge in [-0.2, -0.15) is 0 Å². The predicted molar refractivity (Wildman–Crippen MR) is 98.9 cm³/mol. The van der Waals surface area contributed by atoms with Gasteiger partial charge in [0.25, 0.3) is 0 Å². The van der Waals surface area contributed by atoms with Crippen LogP contribution >= 0.6 is 23.1 Å². The summed E-state index contributed by atoms with van der Waals surface area (Å²) in [6.07, 6.45) is 4.52. The second-order valence-electron chi connectivity index (χ2n) is 5.75. The quantitative estimate of drug-likeness (QED) is 0.639. The molecule has 2 heterocycles. The third kappa shape index (κ3) is 3.80. The van der Waals surface area contributed by atoms with E-state index >= 15 is 0 Å². The summed E-state index contributed by atoms with van der Waals surface area (Å²) in [5.41, 5.74) is 3.32. The van der Waals surface area contributed by atoms with Crippen LogP contribution in [0.15, 0.2) is 33.1 Å². The molecule has 0 bridgehead atoms. The number of aryl methyl sites for hydroxylation is 1. The molecule has 1 aromatic carbocycles. The summed E-state index contributed by atoms with van der Waals surface area (Å²) in [4.78, 5) is 0. The molecule has 0 atom stereocenters. The predicted octanol–water partition coefficient (Wildman–Crippen LogP) is 4.45. The van der Waals surface area contributed by atoms with Gasteiger partial charge in [-0.25, -0.2) is 0 Å². The van der Waals surface area contributed by atoms with Crippen molar-refractivity contribution >= 4 is 33.9 Å². The fraction of sp³-hybridized carbons (Fsp3) is 0.353. The third-order valence-electron chi connectivity index (χ3n) is 4.11. The monoisotopic (exact) mass is 374 g/mol. The number of nitrogens with one attached hydrogen (secondary N) is 1. The molecule has 8 heteroatoms. The molecule has 3 aromatic rings. The van der Waals surface area contributed by atoms with Gasteiger partial charge < -0.3 is 14.6 Å². The maximum Gasteiger partial charge on any atom is 0.210 e. The Morgan fingerprint density at radius 1 is 1.20 bits per heavy atom. The molecule has 1 aliphatic rings. The van der Waals surface area contributed by atoms with E-state index in [9.17, 15) is 0 Å². The minimum absolute atomic E-state index is 0.773. The van der Waals surface area contributed by atoms with E-state index in [2.05, 4.69) is 20.7 Å². The average molecular weight is 374 g/mol. The Bertz CT molecular complexity index is 845. The fourth-order valence-corrected chi connectivity index (χ4v) is 4.54. The first-order chi connectivity index (χ1) is 12.3. The highest BCUT2D eigenvalue weighted by atomic mass is 32.2. The van der Waals surface area contributed by atoms with Gasteiger partial charge in [-0.05, 0) is 43.5 Å². The maximum absolute atomic E-state index is 5.46. The van der Waals surface area contributed by atoms with Crippen LogP contribution in [-0.4, -0.2) is 22.5 Å². The molecule has 0 unspecified atom stereocenters. The van der Waals surface area contributed by atoms with E-state index in [1.165, 1.54) is 29.7 Å². The molecule has 0 spiro atoms. The SMILES string of the molecule is COc1ccc(Nc2nnc(SCc3noc4c3CCCC4)s2)cc1. The van der Waals surface area contributed by atoms with Crippen molar-refractivity contribution in [3.8, 4) is 5.75 Å². The Morgan fingerprint density at radius 2 is 2.04 bits per heavy atom. The van der Waals surface area contributed by atoms with Crippen molar-refractivity contribution in [1.82, 2.24) is 15.4 Å². The van der Waals surface area contributed by atoms with Gasteiger partial charge >= 0.3 is 0 Å². The number of nitrogens with zero attached hydrogens (tertiary/aromatic N) is 3. The number of ether oxygens (including phenoxy) is 1. The maximum atomic E-state index is 5.46. The molecule has 130 valence electrons. The highest BCUT2D eigenvalue weighted by Gasteiger charge is 2.19. The van der Waals surface area contributed by atoms with Crippen LogP contribution in [-0.2, 0) is 18.6 Å². The van der Waals surface area contributed by atoms with E-state index in [0.717, 1.165) is 51.0 Å². The number of benzene rings is 1. The lowest BCUT2D eigenvalue weighted by atomic mass is 9.97. The van der Waals surface area contributed by atoms with Gasteiger partial charge in [0.15, 0.2) is 4.34 Å².